The lowest BCUT2D eigenvalue weighted by Crippen LogP contribution is -2.35. The summed E-state index contributed by atoms with van der Waals surface area (Å²) >= 11 is 0. The van der Waals surface area contributed by atoms with Gasteiger partial charge < -0.3 is 14.8 Å². The van der Waals surface area contributed by atoms with Crippen molar-refractivity contribution < 1.29 is 14.8 Å². The van der Waals surface area contributed by atoms with Crippen molar-refractivity contribution >= 4 is 12.6 Å². The van der Waals surface area contributed by atoms with Gasteiger partial charge in [-0.3, -0.25) is 4.90 Å². The molecule has 0 saturated carbocycles. The summed E-state index contributed by atoms with van der Waals surface area (Å²) in [4.78, 5) is 2.21. The number of methoxy groups -OCH3 is 1. The SMILES string of the molecule is CCN(CC)Cc1cc(OC)ccc1B(O)O. The highest BCUT2D eigenvalue weighted by molar-refractivity contribution is 6.59. The highest BCUT2D eigenvalue weighted by Crippen LogP contribution is 2.13. The van der Waals surface area contributed by atoms with Crippen molar-refractivity contribution in [2.24, 2.45) is 0 Å². The quantitative estimate of drug-likeness (QED) is 0.695. The molecule has 17 heavy (non-hydrogen) atoms. The van der Waals surface area contributed by atoms with Crippen LogP contribution in [-0.2, 0) is 6.54 Å². The Morgan fingerprint density at radius 1 is 1.24 bits per heavy atom. The molecule has 0 aliphatic rings. The van der Waals surface area contributed by atoms with E-state index in [1.807, 2.05) is 6.07 Å². The smallest absolute Gasteiger partial charge is 0.488 e. The van der Waals surface area contributed by atoms with Crippen LogP contribution in [0, 0.1) is 0 Å². The summed E-state index contributed by atoms with van der Waals surface area (Å²) in [6.07, 6.45) is 0. The van der Waals surface area contributed by atoms with E-state index in [4.69, 9.17) is 4.74 Å². The second kappa shape index (κ2) is 6.64. The van der Waals surface area contributed by atoms with Gasteiger partial charge in [-0.15, -0.1) is 0 Å². The molecule has 1 aromatic rings. The fraction of sp³-hybridized carbons (Fsp3) is 0.500. The van der Waals surface area contributed by atoms with Gasteiger partial charge in [-0.1, -0.05) is 19.9 Å². The Balaban J connectivity index is 3.00. The first-order chi connectivity index (χ1) is 8.12. The fourth-order valence-electron chi connectivity index (χ4n) is 1.79. The Morgan fingerprint density at radius 2 is 1.88 bits per heavy atom. The maximum absolute atomic E-state index is 9.32. The zero-order chi connectivity index (χ0) is 12.8. The van der Waals surface area contributed by atoms with Gasteiger partial charge in [0.15, 0.2) is 0 Å². The average Bonchev–Trinajstić information content (AvgIpc) is 2.35. The Kier molecular flexibility index (Phi) is 5.48. The lowest BCUT2D eigenvalue weighted by Gasteiger charge is -2.20. The van der Waals surface area contributed by atoms with Gasteiger partial charge in [-0.25, -0.2) is 0 Å². The molecule has 0 unspecified atom stereocenters. The Labute approximate surface area is 103 Å². The van der Waals surface area contributed by atoms with Crippen molar-refractivity contribution in [1.82, 2.24) is 4.90 Å². The third-order valence-corrected chi connectivity index (χ3v) is 2.92. The molecule has 4 nitrogen and oxygen atoms in total. The Hall–Kier alpha value is -1.04. The summed E-state index contributed by atoms with van der Waals surface area (Å²) in [6, 6.07) is 5.29. The van der Waals surface area contributed by atoms with Crippen molar-refractivity contribution in [1.29, 1.82) is 0 Å². The molecule has 1 aromatic carbocycles. The lowest BCUT2D eigenvalue weighted by molar-refractivity contribution is 0.295. The molecule has 2 N–H and O–H groups in total. The molecule has 0 spiro atoms. The zero-order valence-electron chi connectivity index (χ0n) is 10.7. The van der Waals surface area contributed by atoms with E-state index in [-0.39, 0.29) is 0 Å². The van der Waals surface area contributed by atoms with Crippen molar-refractivity contribution in [3.63, 3.8) is 0 Å². The molecule has 0 atom stereocenters. The van der Waals surface area contributed by atoms with Gasteiger partial charge in [-0.05, 0) is 36.2 Å². The number of hydrogen-bond acceptors (Lipinski definition) is 4. The first-order valence-corrected chi connectivity index (χ1v) is 5.87. The van der Waals surface area contributed by atoms with Crippen molar-refractivity contribution in [2.45, 2.75) is 20.4 Å². The van der Waals surface area contributed by atoms with Crippen LogP contribution in [0.15, 0.2) is 18.2 Å². The molecule has 0 fully saturated rings. The van der Waals surface area contributed by atoms with Crippen LogP contribution in [0.25, 0.3) is 0 Å². The summed E-state index contributed by atoms with van der Waals surface area (Å²) in [5.74, 6) is 0.733. The number of hydrogen-bond donors (Lipinski definition) is 2. The number of benzene rings is 1. The first kappa shape index (κ1) is 14.0. The molecule has 1 rings (SSSR count). The lowest BCUT2D eigenvalue weighted by atomic mass is 9.77. The molecular formula is C12H20BNO3. The van der Waals surface area contributed by atoms with Crippen LogP contribution in [-0.4, -0.2) is 42.3 Å². The van der Waals surface area contributed by atoms with Crippen LogP contribution < -0.4 is 10.2 Å². The van der Waals surface area contributed by atoms with Crippen molar-refractivity contribution in [3.8, 4) is 5.75 Å². The van der Waals surface area contributed by atoms with Crippen LogP contribution in [0.4, 0.5) is 0 Å². The van der Waals surface area contributed by atoms with Crippen molar-refractivity contribution in [2.75, 3.05) is 20.2 Å². The molecule has 0 heterocycles. The maximum Gasteiger partial charge on any atom is 0.488 e. The predicted molar refractivity (Wildman–Crippen MR) is 69.4 cm³/mol. The molecule has 0 aliphatic heterocycles. The minimum atomic E-state index is -1.44. The molecule has 94 valence electrons. The normalized spacial score (nSPS) is 10.7. The van der Waals surface area contributed by atoms with Gasteiger partial charge in [0.2, 0.25) is 0 Å². The van der Waals surface area contributed by atoms with Gasteiger partial charge in [-0.2, -0.15) is 0 Å². The molecular weight excluding hydrogens is 217 g/mol. The Bertz CT molecular complexity index is 354. The maximum atomic E-state index is 9.32. The van der Waals surface area contributed by atoms with Crippen LogP contribution >= 0.6 is 0 Å². The summed E-state index contributed by atoms with van der Waals surface area (Å²) in [5, 5.41) is 18.6. The highest BCUT2D eigenvalue weighted by atomic mass is 16.5. The van der Waals surface area contributed by atoms with Crippen LogP contribution in [0.3, 0.4) is 0 Å². The standard InChI is InChI=1S/C12H20BNO3/c1-4-14(5-2)9-10-8-11(17-3)6-7-12(10)13(15)16/h6-8,15-16H,4-5,9H2,1-3H3. The van der Waals surface area contributed by atoms with E-state index in [2.05, 4.69) is 18.7 Å². The summed E-state index contributed by atoms with van der Waals surface area (Å²) in [5.41, 5.74) is 1.43. The van der Waals surface area contributed by atoms with E-state index in [1.54, 1.807) is 19.2 Å². The van der Waals surface area contributed by atoms with Crippen LogP contribution in [0.2, 0.25) is 0 Å². The molecule has 0 radical (unpaired) electrons. The molecule has 0 saturated heterocycles. The monoisotopic (exact) mass is 237 g/mol. The average molecular weight is 237 g/mol. The molecule has 5 heteroatoms. The largest absolute Gasteiger partial charge is 0.497 e. The minimum absolute atomic E-state index is 0.540. The summed E-state index contributed by atoms with van der Waals surface area (Å²) < 4.78 is 5.16. The molecule has 0 bridgehead atoms. The van der Waals surface area contributed by atoms with E-state index < -0.39 is 7.12 Å². The van der Waals surface area contributed by atoms with E-state index in [1.165, 1.54) is 0 Å². The Morgan fingerprint density at radius 3 is 2.35 bits per heavy atom. The van der Waals surface area contributed by atoms with Gasteiger partial charge >= 0.3 is 7.12 Å². The second-order valence-corrected chi connectivity index (χ2v) is 3.90. The summed E-state index contributed by atoms with van der Waals surface area (Å²) in [7, 11) is 0.164. The molecule has 0 amide bonds. The van der Waals surface area contributed by atoms with Gasteiger partial charge in [0.05, 0.1) is 7.11 Å². The van der Waals surface area contributed by atoms with Crippen LogP contribution in [0.1, 0.15) is 19.4 Å². The second-order valence-electron chi connectivity index (χ2n) is 3.90. The fourth-order valence-corrected chi connectivity index (χ4v) is 1.79. The minimum Gasteiger partial charge on any atom is -0.497 e. The first-order valence-electron chi connectivity index (χ1n) is 5.87. The highest BCUT2D eigenvalue weighted by Gasteiger charge is 2.17. The van der Waals surface area contributed by atoms with E-state index in [0.717, 1.165) is 24.4 Å². The molecule has 0 aliphatic carbocycles. The zero-order valence-corrected chi connectivity index (χ0v) is 10.7. The molecule has 0 aromatic heterocycles. The number of ether oxygens (including phenoxy) is 1. The third kappa shape index (κ3) is 3.73. The van der Waals surface area contributed by atoms with Gasteiger partial charge in [0, 0.05) is 6.54 Å². The van der Waals surface area contributed by atoms with E-state index in [0.29, 0.717) is 12.0 Å². The predicted octanol–water partition coefficient (Wildman–Crippen LogP) is 0.217. The van der Waals surface area contributed by atoms with E-state index in [9.17, 15) is 10.0 Å². The number of rotatable bonds is 6. The van der Waals surface area contributed by atoms with Crippen molar-refractivity contribution in [3.05, 3.63) is 23.8 Å². The van der Waals surface area contributed by atoms with E-state index >= 15 is 0 Å². The van der Waals surface area contributed by atoms with Gasteiger partial charge in [0.25, 0.3) is 0 Å². The van der Waals surface area contributed by atoms with Crippen LogP contribution in [0.5, 0.6) is 5.75 Å². The number of nitrogens with zero attached hydrogens (tertiary/aromatic N) is 1. The van der Waals surface area contributed by atoms with Gasteiger partial charge in [0.1, 0.15) is 5.75 Å². The summed E-state index contributed by atoms with van der Waals surface area (Å²) in [6.45, 7) is 6.71. The topological polar surface area (TPSA) is 52.9 Å². The third-order valence-electron chi connectivity index (χ3n) is 2.92.